The van der Waals surface area contributed by atoms with Crippen LogP contribution in [0.1, 0.15) is 38.8 Å². The van der Waals surface area contributed by atoms with Crippen molar-refractivity contribution in [1.82, 2.24) is 15.6 Å². The highest BCUT2D eigenvalue weighted by molar-refractivity contribution is 7.13. The van der Waals surface area contributed by atoms with Crippen molar-refractivity contribution in [2.45, 2.75) is 32.2 Å². The molecule has 0 unspecified atom stereocenters. The van der Waals surface area contributed by atoms with Crippen molar-refractivity contribution in [3.63, 3.8) is 0 Å². The third-order valence-corrected chi connectivity index (χ3v) is 5.03. The van der Waals surface area contributed by atoms with Gasteiger partial charge in [-0.15, -0.1) is 11.3 Å². The van der Waals surface area contributed by atoms with Crippen LogP contribution in [0.4, 0.5) is 0 Å². The molecule has 22 heavy (non-hydrogen) atoms. The van der Waals surface area contributed by atoms with Gasteiger partial charge in [-0.25, -0.2) is 4.98 Å². The molecule has 0 spiro atoms. The lowest BCUT2D eigenvalue weighted by molar-refractivity contribution is 0.0934. The molecule has 1 atom stereocenters. The molecule has 1 aliphatic heterocycles. The van der Waals surface area contributed by atoms with E-state index in [1.165, 1.54) is 16.9 Å². The molecule has 2 heterocycles. The molecule has 1 aromatic heterocycles. The molecule has 1 saturated heterocycles. The number of nitrogens with one attached hydrogen (secondary N) is 2. The molecule has 116 valence electrons. The predicted octanol–water partition coefficient (Wildman–Crippen LogP) is 2.52. The molecule has 5 heteroatoms. The third-order valence-electron chi connectivity index (χ3n) is 3.88. The van der Waals surface area contributed by atoms with Crippen molar-refractivity contribution in [2.24, 2.45) is 0 Å². The summed E-state index contributed by atoms with van der Waals surface area (Å²) in [5.41, 5.74) is 2.05. The van der Waals surface area contributed by atoms with Crippen LogP contribution in [0.5, 0.6) is 0 Å². The van der Waals surface area contributed by atoms with Gasteiger partial charge in [-0.05, 0) is 31.9 Å². The number of amides is 1. The topological polar surface area (TPSA) is 54.0 Å². The summed E-state index contributed by atoms with van der Waals surface area (Å²) < 4.78 is 0. The Morgan fingerprint density at radius 2 is 2.23 bits per heavy atom. The zero-order valence-corrected chi connectivity index (χ0v) is 13.6. The average molecular weight is 315 g/mol. The van der Waals surface area contributed by atoms with Crippen molar-refractivity contribution in [1.29, 1.82) is 0 Å². The second kappa shape index (κ2) is 7.03. The van der Waals surface area contributed by atoms with Gasteiger partial charge in [-0.3, -0.25) is 4.79 Å². The van der Waals surface area contributed by atoms with Crippen molar-refractivity contribution in [2.75, 3.05) is 13.1 Å². The van der Waals surface area contributed by atoms with Crippen LogP contribution in [0.15, 0.2) is 30.3 Å². The Bertz CT molecular complexity index is 633. The number of carbonyl (C=O) groups is 1. The van der Waals surface area contributed by atoms with Gasteiger partial charge in [0.1, 0.15) is 4.88 Å². The summed E-state index contributed by atoms with van der Waals surface area (Å²) >= 11 is 1.51. The van der Waals surface area contributed by atoms with Gasteiger partial charge < -0.3 is 10.6 Å². The lowest BCUT2D eigenvalue weighted by Crippen LogP contribution is -2.45. The number of aromatic nitrogens is 1. The van der Waals surface area contributed by atoms with Gasteiger partial charge >= 0.3 is 0 Å². The molecule has 0 radical (unpaired) electrons. The first-order valence-electron chi connectivity index (χ1n) is 7.74. The van der Waals surface area contributed by atoms with Crippen molar-refractivity contribution >= 4 is 17.2 Å². The first kappa shape index (κ1) is 15.2. The number of nitrogens with zero attached hydrogens (tertiary/aromatic N) is 1. The quantitative estimate of drug-likeness (QED) is 0.911. The maximum Gasteiger partial charge on any atom is 0.263 e. The fourth-order valence-electron chi connectivity index (χ4n) is 2.74. The Morgan fingerprint density at radius 1 is 1.41 bits per heavy atom. The molecule has 1 aromatic carbocycles. The minimum atomic E-state index is 0.0167. The van der Waals surface area contributed by atoms with E-state index < -0.39 is 0 Å². The lowest BCUT2D eigenvalue weighted by Gasteiger charge is -2.23. The lowest BCUT2D eigenvalue weighted by atomic mass is 10.1. The van der Waals surface area contributed by atoms with Gasteiger partial charge in [0, 0.05) is 19.0 Å². The SMILES string of the molecule is Cc1nc(Cc2ccccc2)sc1C(=O)N[C@H]1CCCNC1. The molecule has 2 aromatic rings. The molecule has 1 aliphatic rings. The second-order valence-corrected chi connectivity index (χ2v) is 6.78. The van der Waals surface area contributed by atoms with Crippen LogP contribution < -0.4 is 10.6 Å². The minimum Gasteiger partial charge on any atom is -0.347 e. The Hall–Kier alpha value is -1.72. The largest absolute Gasteiger partial charge is 0.347 e. The average Bonchev–Trinajstić information content (AvgIpc) is 2.90. The molecule has 0 bridgehead atoms. The molecule has 0 aliphatic carbocycles. The number of hydrogen-bond donors (Lipinski definition) is 2. The van der Waals surface area contributed by atoms with Crippen LogP contribution in [0.2, 0.25) is 0 Å². The van der Waals surface area contributed by atoms with E-state index in [1.54, 1.807) is 0 Å². The van der Waals surface area contributed by atoms with E-state index in [0.717, 1.165) is 47.9 Å². The first-order valence-corrected chi connectivity index (χ1v) is 8.56. The smallest absolute Gasteiger partial charge is 0.263 e. The summed E-state index contributed by atoms with van der Waals surface area (Å²) in [7, 11) is 0. The van der Waals surface area contributed by atoms with Gasteiger partial charge in [-0.1, -0.05) is 30.3 Å². The summed E-state index contributed by atoms with van der Waals surface area (Å²) in [5, 5.41) is 7.44. The molecule has 1 amide bonds. The molecular formula is C17H21N3OS. The van der Waals surface area contributed by atoms with Crippen LogP contribution in [0, 0.1) is 6.92 Å². The fraction of sp³-hybridized carbons (Fsp3) is 0.412. The number of thiazole rings is 1. The molecular weight excluding hydrogens is 294 g/mol. The van der Waals surface area contributed by atoms with E-state index in [2.05, 4.69) is 27.8 Å². The molecule has 0 saturated carbocycles. The third kappa shape index (κ3) is 3.72. The van der Waals surface area contributed by atoms with E-state index in [1.807, 2.05) is 25.1 Å². The Kier molecular flexibility index (Phi) is 4.85. The first-order chi connectivity index (χ1) is 10.7. The number of benzene rings is 1. The fourth-order valence-corrected chi connectivity index (χ4v) is 3.74. The van der Waals surface area contributed by atoms with Gasteiger partial charge in [-0.2, -0.15) is 0 Å². The van der Waals surface area contributed by atoms with E-state index in [4.69, 9.17) is 0 Å². The van der Waals surface area contributed by atoms with Crippen molar-refractivity contribution in [3.8, 4) is 0 Å². The minimum absolute atomic E-state index is 0.0167. The van der Waals surface area contributed by atoms with Crippen LogP contribution in [-0.2, 0) is 6.42 Å². The molecule has 4 nitrogen and oxygen atoms in total. The summed E-state index contributed by atoms with van der Waals surface area (Å²) in [6.07, 6.45) is 2.95. The van der Waals surface area contributed by atoms with Gasteiger partial charge in [0.15, 0.2) is 0 Å². The Labute approximate surface area is 135 Å². The Balaban J connectivity index is 1.67. The highest BCUT2D eigenvalue weighted by Crippen LogP contribution is 2.21. The van der Waals surface area contributed by atoms with Crippen molar-refractivity contribution in [3.05, 3.63) is 51.5 Å². The van der Waals surface area contributed by atoms with Crippen LogP contribution >= 0.6 is 11.3 Å². The second-order valence-electron chi connectivity index (χ2n) is 5.70. The van der Waals surface area contributed by atoms with Crippen molar-refractivity contribution < 1.29 is 4.79 Å². The highest BCUT2D eigenvalue weighted by atomic mass is 32.1. The van der Waals surface area contributed by atoms with Gasteiger partial charge in [0.2, 0.25) is 0 Å². The van der Waals surface area contributed by atoms with Gasteiger partial charge in [0.05, 0.1) is 10.7 Å². The maximum atomic E-state index is 12.4. The number of aryl methyl sites for hydroxylation is 1. The summed E-state index contributed by atoms with van der Waals surface area (Å²) in [6, 6.07) is 10.5. The predicted molar refractivity (Wildman–Crippen MR) is 89.5 cm³/mol. The number of carbonyl (C=O) groups excluding carboxylic acids is 1. The van der Waals surface area contributed by atoms with Crippen LogP contribution in [-0.4, -0.2) is 30.0 Å². The highest BCUT2D eigenvalue weighted by Gasteiger charge is 2.20. The maximum absolute atomic E-state index is 12.4. The molecule has 3 rings (SSSR count). The van der Waals surface area contributed by atoms with E-state index in [-0.39, 0.29) is 11.9 Å². The van der Waals surface area contributed by atoms with Crippen LogP contribution in [0.3, 0.4) is 0 Å². The molecule has 2 N–H and O–H groups in total. The van der Waals surface area contributed by atoms with Crippen LogP contribution in [0.25, 0.3) is 0 Å². The zero-order valence-electron chi connectivity index (χ0n) is 12.8. The number of piperidine rings is 1. The van der Waals surface area contributed by atoms with E-state index >= 15 is 0 Å². The van der Waals surface area contributed by atoms with Gasteiger partial charge in [0.25, 0.3) is 5.91 Å². The van der Waals surface area contributed by atoms with E-state index in [0.29, 0.717) is 0 Å². The normalized spacial score (nSPS) is 18.1. The number of hydrogen-bond acceptors (Lipinski definition) is 4. The Morgan fingerprint density at radius 3 is 2.95 bits per heavy atom. The standard InChI is InChI=1S/C17H21N3OS/c1-12-16(17(21)20-14-8-5-9-18-11-14)22-15(19-12)10-13-6-3-2-4-7-13/h2-4,6-7,14,18H,5,8-11H2,1H3,(H,20,21)/t14-/m0/s1. The summed E-state index contributed by atoms with van der Waals surface area (Å²) in [5.74, 6) is 0.0167. The van der Waals surface area contributed by atoms with E-state index in [9.17, 15) is 4.79 Å². The monoisotopic (exact) mass is 315 g/mol. The summed E-state index contributed by atoms with van der Waals surface area (Å²) in [6.45, 7) is 3.83. The zero-order chi connectivity index (χ0) is 15.4. The number of rotatable bonds is 4. The summed E-state index contributed by atoms with van der Waals surface area (Å²) in [4.78, 5) is 17.7. The molecule has 1 fully saturated rings.